The normalized spacial score (nSPS) is 13.4. The maximum atomic E-state index is 13.5. The van der Waals surface area contributed by atoms with Crippen LogP contribution in [0.25, 0.3) is 44.5 Å². The summed E-state index contributed by atoms with van der Waals surface area (Å²) in [6.07, 6.45) is 0. The van der Waals surface area contributed by atoms with Crippen LogP contribution in [0.15, 0.2) is 152 Å². The van der Waals surface area contributed by atoms with E-state index in [-0.39, 0.29) is 23.6 Å². The topological polar surface area (TPSA) is 74.8 Å². The van der Waals surface area contributed by atoms with Crippen molar-refractivity contribution in [2.24, 2.45) is 0 Å². The van der Waals surface area contributed by atoms with Gasteiger partial charge in [0.1, 0.15) is 0 Å². The number of amides is 4. The quantitative estimate of drug-likeness (QED) is 0.161. The molecular weight excluding hydrogens is 681 g/mol. The minimum atomic E-state index is -0.330. The first-order chi connectivity index (χ1) is 26.6. The minimum absolute atomic E-state index is 0.329. The number of fused-ring (bicyclic) bond motifs is 2. The van der Waals surface area contributed by atoms with E-state index in [1.807, 2.05) is 136 Å². The van der Waals surface area contributed by atoms with Crippen molar-refractivity contribution in [3.63, 3.8) is 0 Å². The molecule has 6 heteroatoms. The van der Waals surface area contributed by atoms with Gasteiger partial charge in [0.2, 0.25) is 0 Å². The predicted octanol–water partition coefficient (Wildman–Crippen LogP) is 10.9. The first kappa shape index (κ1) is 33.6. The van der Waals surface area contributed by atoms with E-state index in [0.29, 0.717) is 33.6 Å². The van der Waals surface area contributed by atoms with E-state index in [4.69, 9.17) is 0 Å². The van der Waals surface area contributed by atoms with Crippen LogP contribution < -0.4 is 9.80 Å². The van der Waals surface area contributed by atoms with E-state index in [1.165, 1.54) is 9.80 Å². The molecule has 0 unspecified atom stereocenters. The molecule has 0 spiro atoms. The van der Waals surface area contributed by atoms with Gasteiger partial charge < -0.3 is 0 Å². The monoisotopic (exact) mass is 714 g/mol. The summed E-state index contributed by atoms with van der Waals surface area (Å²) in [5, 5.41) is 0. The Bertz CT molecular complexity index is 2730. The van der Waals surface area contributed by atoms with Gasteiger partial charge in [0.25, 0.3) is 23.6 Å². The first-order valence-corrected chi connectivity index (χ1v) is 18.2. The number of hydrogen-bond acceptors (Lipinski definition) is 4. The van der Waals surface area contributed by atoms with E-state index in [0.717, 1.165) is 61.2 Å². The molecule has 0 bridgehead atoms. The standard InChI is InChI=1S/C49H34N2O4/c1-29-4-8-32(9-5-29)37-17-24-42-44(27-37)48(54)50(46(42)52)39-19-12-34(13-20-39)36-16-23-41(31(3)26-36)35-14-21-40(22-15-35)51-47(53)43-25-18-38(28-45(43)49(51)55)33-10-6-30(2)7-11-33/h4-28H,1-3H3. The van der Waals surface area contributed by atoms with Crippen LogP contribution in [0.2, 0.25) is 0 Å². The molecule has 7 aromatic carbocycles. The highest BCUT2D eigenvalue weighted by Crippen LogP contribution is 2.36. The van der Waals surface area contributed by atoms with Gasteiger partial charge in [-0.15, -0.1) is 0 Å². The molecule has 2 aliphatic rings. The number of benzene rings is 7. The molecule has 0 saturated carbocycles. The Kier molecular flexibility index (Phi) is 7.98. The molecule has 6 nitrogen and oxygen atoms in total. The number of nitrogens with zero attached hydrogens (tertiary/aromatic N) is 2. The zero-order chi connectivity index (χ0) is 38.0. The number of anilines is 2. The molecule has 2 aliphatic heterocycles. The largest absolute Gasteiger partial charge is 0.268 e. The summed E-state index contributed by atoms with van der Waals surface area (Å²) in [6, 6.07) is 48.2. The Morgan fingerprint density at radius 3 is 1.00 bits per heavy atom. The van der Waals surface area contributed by atoms with Crippen molar-refractivity contribution in [3.8, 4) is 44.5 Å². The third kappa shape index (κ3) is 5.76. The Balaban J connectivity index is 0.911. The highest BCUT2D eigenvalue weighted by molar-refractivity contribution is 6.35. The lowest BCUT2D eigenvalue weighted by atomic mass is 9.95. The fraction of sp³-hybridized carbons (Fsp3) is 0.0612. The van der Waals surface area contributed by atoms with Crippen LogP contribution in [0.3, 0.4) is 0 Å². The Labute approximate surface area is 318 Å². The second kappa shape index (κ2) is 13.0. The first-order valence-electron chi connectivity index (χ1n) is 18.2. The Morgan fingerprint density at radius 1 is 0.291 bits per heavy atom. The lowest BCUT2D eigenvalue weighted by Crippen LogP contribution is -2.29. The van der Waals surface area contributed by atoms with Crippen LogP contribution in [0.1, 0.15) is 58.1 Å². The second-order valence-electron chi connectivity index (χ2n) is 14.3. The van der Waals surface area contributed by atoms with E-state index >= 15 is 0 Å². The van der Waals surface area contributed by atoms with Gasteiger partial charge in [0.05, 0.1) is 33.6 Å². The van der Waals surface area contributed by atoms with Crippen molar-refractivity contribution < 1.29 is 19.2 Å². The Hall–Kier alpha value is -7.18. The van der Waals surface area contributed by atoms with Crippen molar-refractivity contribution in [2.75, 3.05) is 9.80 Å². The molecule has 2 heterocycles. The Morgan fingerprint density at radius 2 is 0.600 bits per heavy atom. The zero-order valence-corrected chi connectivity index (χ0v) is 30.5. The predicted molar refractivity (Wildman–Crippen MR) is 218 cm³/mol. The highest BCUT2D eigenvalue weighted by atomic mass is 16.2. The number of aryl methyl sites for hydroxylation is 3. The average molecular weight is 715 g/mol. The number of carbonyl (C=O) groups excluding carboxylic acids is 4. The highest BCUT2D eigenvalue weighted by Gasteiger charge is 2.38. The van der Waals surface area contributed by atoms with Gasteiger partial charge in [0.15, 0.2) is 0 Å². The maximum Gasteiger partial charge on any atom is 0.266 e. The van der Waals surface area contributed by atoms with Crippen molar-refractivity contribution in [1.29, 1.82) is 0 Å². The summed E-state index contributed by atoms with van der Waals surface area (Å²) in [6.45, 7) is 6.10. The molecule has 4 amide bonds. The number of rotatable bonds is 6. The van der Waals surface area contributed by atoms with E-state index in [1.54, 1.807) is 24.3 Å². The van der Waals surface area contributed by atoms with Crippen LogP contribution in [0.5, 0.6) is 0 Å². The summed E-state index contributed by atoms with van der Waals surface area (Å²) in [7, 11) is 0. The minimum Gasteiger partial charge on any atom is -0.268 e. The van der Waals surface area contributed by atoms with E-state index in [9.17, 15) is 19.2 Å². The smallest absolute Gasteiger partial charge is 0.266 e. The van der Waals surface area contributed by atoms with Gasteiger partial charge in [-0.05, 0) is 119 Å². The molecule has 0 N–H and O–H groups in total. The molecule has 0 radical (unpaired) electrons. The summed E-state index contributed by atoms with van der Waals surface area (Å²) in [5.41, 5.74) is 13.7. The molecular formula is C49H34N2O4. The number of carbonyl (C=O) groups is 4. The molecule has 55 heavy (non-hydrogen) atoms. The third-order valence-corrected chi connectivity index (χ3v) is 10.7. The summed E-state index contributed by atoms with van der Waals surface area (Å²) in [4.78, 5) is 56.4. The summed E-state index contributed by atoms with van der Waals surface area (Å²) in [5.74, 6) is -1.32. The second-order valence-corrected chi connectivity index (χ2v) is 14.3. The number of hydrogen-bond donors (Lipinski definition) is 0. The summed E-state index contributed by atoms with van der Waals surface area (Å²) >= 11 is 0. The van der Waals surface area contributed by atoms with Gasteiger partial charge >= 0.3 is 0 Å². The molecule has 7 aromatic rings. The van der Waals surface area contributed by atoms with Crippen LogP contribution in [-0.2, 0) is 0 Å². The molecule has 0 aromatic heterocycles. The average Bonchev–Trinajstić information content (AvgIpc) is 3.61. The van der Waals surface area contributed by atoms with Crippen molar-refractivity contribution in [1.82, 2.24) is 0 Å². The number of imide groups is 2. The fourth-order valence-corrected chi connectivity index (χ4v) is 7.56. The molecule has 0 aliphatic carbocycles. The third-order valence-electron chi connectivity index (χ3n) is 10.7. The van der Waals surface area contributed by atoms with Gasteiger partial charge in [0, 0.05) is 0 Å². The van der Waals surface area contributed by atoms with Crippen LogP contribution >= 0.6 is 0 Å². The lowest BCUT2D eigenvalue weighted by Gasteiger charge is -2.16. The van der Waals surface area contributed by atoms with Crippen LogP contribution in [0.4, 0.5) is 11.4 Å². The molecule has 0 atom stereocenters. The summed E-state index contributed by atoms with van der Waals surface area (Å²) < 4.78 is 0. The SMILES string of the molecule is Cc1ccc(-c2ccc3c(c2)C(=O)N(c2ccc(-c4ccc(-c5ccc(N6C(=O)c7ccc(-c8ccc(C)cc8)cc7C6=O)cc5)c(C)c4)cc2)C3=O)cc1. The maximum absolute atomic E-state index is 13.5. The van der Waals surface area contributed by atoms with Gasteiger partial charge in [-0.1, -0.05) is 114 Å². The molecule has 264 valence electrons. The lowest BCUT2D eigenvalue weighted by molar-refractivity contribution is 0.0910. The zero-order valence-electron chi connectivity index (χ0n) is 30.5. The van der Waals surface area contributed by atoms with Crippen LogP contribution in [0, 0.1) is 20.8 Å². The van der Waals surface area contributed by atoms with Crippen molar-refractivity contribution in [3.05, 3.63) is 191 Å². The van der Waals surface area contributed by atoms with Crippen molar-refractivity contribution >= 4 is 35.0 Å². The molecule has 0 fully saturated rings. The molecule has 0 saturated heterocycles. The van der Waals surface area contributed by atoms with Gasteiger partial charge in [-0.3, -0.25) is 19.2 Å². The molecule has 9 rings (SSSR count). The van der Waals surface area contributed by atoms with Gasteiger partial charge in [-0.25, -0.2) is 9.80 Å². The van der Waals surface area contributed by atoms with E-state index in [2.05, 4.69) is 12.1 Å². The van der Waals surface area contributed by atoms with E-state index < -0.39 is 0 Å². The fourth-order valence-electron chi connectivity index (χ4n) is 7.56. The van der Waals surface area contributed by atoms with Gasteiger partial charge in [-0.2, -0.15) is 0 Å². The van der Waals surface area contributed by atoms with Crippen molar-refractivity contribution in [2.45, 2.75) is 20.8 Å². The van der Waals surface area contributed by atoms with Crippen LogP contribution in [-0.4, -0.2) is 23.6 Å².